The van der Waals surface area contributed by atoms with Crippen LogP contribution in [0.25, 0.3) is 22.3 Å². The maximum atomic E-state index is 12.7. The molecule has 0 aliphatic carbocycles. The first-order valence-electron chi connectivity index (χ1n) is 8.85. The molecular formula is C21H23N3O4. The van der Waals surface area contributed by atoms with Gasteiger partial charge in [-0.05, 0) is 42.7 Å². The third kappa shape index (κ3) is 3.69. The number of amides is 1. The van der Waals surface area contributed by atoms with Crippen LogP contribution in [0.3, 0.4) is 0 Å². The summed E-state index contributed by atoms with van der Waals surface area (Å²) in [6.07, 6.45) is 0. The molecule has 2 N–H and O–H groups in total. The first-order chi connectivity index (χ1) is 13.3. The van der Waals surface area contributed by atoms with E-state index in [9.17, 15) is 9.59 Å². The molecule has 0 bridgehead atoms. The fraction of sp³-hybridized carbons (Fsp3) is 0.286. The van der Waals surface area contributed by atoms with Crippen molar-refractivity contribution in [3.05, 3.63) is 51.3 Å². The maximum absolute atomic E-state index is 12.7. The number of hydrogen-bond donors (Lipinski definition) is 2. The molecule has 7 nitrogen and oxygen atoms in total. The van der Waals surface area contributed by atoms with E-state index in [1.165, 1.54) is 14.0 Å². The monoisotopic (exact) mass is 381 g/mol. The Balaban J connectivity index is 2.14. The van der Waals surface area contributed by atoms with Crippen LogP contribution in [0.2, 0.25) is 0 Å². The summed E-state index contributed by atoms with van der Waals surface area (Å²) < 4.78 is 10.6. The second kappa shape index (κ2) is 7.72. The van der Waals surface area contributed by atoms with E-state index in [1.807, 2.05) is 26.0 Å². The zero-order valence-electron chi connectivity index (χ0n) is 16.6. The Bertz CT molecular complexity index is 1100. The Hall–Kier alpha value is -3.35. The van der Waals surface area contributed by atoms with E-state index in [2.05, 4.69) is 15.3 Å². The zero-order valence-corrected chi connectivity index (χ0v) is 16.6. The van der Waals surface area contributed by atoms with E-state index in [1.54, 1.807) is 19.2 Å². The van der Waals surface area contributed by atoms with Crippen LogP contribution < -0.4 is 20.3 Å². The second-order valence-corrected chi connectivity index (χ2v) is 6.64. The molecule has 0 fully saturated rings. The Morgan fingerprint density at radius 1 is 1.11 bits per heavy atom. The number of carbonyl (C=O) groups is 1. The van der Waals surface area contributed by atoms with Crippen molar-refractivity contribution in [1.29, 1.82) is 0 Å². The summed E-state index contributed by atoms with van der Waals surface area (Å²) >= 11 is 0. The van der Waals surface area contributed by atoms with Gasteiger partial charge >= 0.3 is 0 Å². The van der Waals surface area contributed by atoms with Crippen LogP contribution in [0.1, 0.15) is 23.6 Å². The predicted molar refractivity (Wildman–Crippen MR) is 108 cm³/mol. The van der Waals surface area contributed by atoms with Crippen molar-refractivity contribution in [2.45, 2.75) is 27.3 Å². The summed E-state index contributed by atoms with van der Waals surface area (Å²) in [4.78, 5) is 31.4. The van der Waals surface area contributed by atoms with Crippen LogP contribution in [0.4, 0.5) is 0 Å². The van der Waals surface area contributed by atoms with E-state index in [-0.39, 0.29) is 11.5 Å². The summed E-state index contributed by atoms with van der Waals surface area (Å²) in [5.74, 6) is 1.36. The molecule has 3 aromatic rings. The van der Waals surface area contributed by atoms with Gasteiger partial charge in [-0.15, -0.1) is 0 Å². The number of aromatic amines is 1. The third-order valence-corrected chi connectivity index (χ3v) is 4.69. The van der Waals surface area contributed by atoms with Crippen molar-refractivity contribution in [1.82, 2.24) is 15.3 Å². The van der Waals surface area contributed by atoms with Crippen molar-refractivity contribution in [3.63, 3.8) is 0 Å². The van der Waals surface area contributed by atoms with Gasteiger partial charge in [0.05, 0.1) is 19.7 Å². The van der Waals surface area contributed by atoms with E-state index in [4.69, 9.17) is 9.47 Å². The summed E-state index contributed by atoms with van der Waals surface area (Å²) in [6, 6.07) is 7.27. The van der Waals surface area contributed by atoms with Crippen LogP contribution in [0.5, 0.6) is 11.5 Å². The molecular weight excluding hydrogens is 358 g/mol. The van der Waals surface area contributed by atoms with Gasteiger partial charge in [-0.2, -0.15) is 0 Å². The number of rotatable bonds is 5. The third-order valence-electron chi connectivity index (χ3n) is 4.69. The number of fused-ring (bicyclic) bond motifs is 1. The molecule has 1 amide bonds. The lowest BCUT2D eigenvalue weighted by Crippen LogP contribution is -2.20. The van der Waals surface area contributed by atoms with Gasteiger partial charge in [0.1, 0.15) is 22.7 Å². The maximum Gasteiger partial charge on any atom is 0.262 e. The fourth-order valence-electron chi connectivity index (χ4n) is 3.25. The van der Waals surface area contributed by atoms with Crippen molar-refractivity contribution in [3.8, 4) is 22.9 Å². The van der Waals surface area contributed by atoms with E-state index < -0.39 is 0 Å². The number of carbonyl (C=O) groups excluding carboxylic acids is 1. The van der Waals surface area contributed by atoms with E-state index in [0.717, 1.165) is 22.3 Å². The molecule has 0 spiro atoms. The van der Waals surface area contributed by atoms with Gasteiger partial charge in [-0.25, -0.2) is 4.98 Å². The Kier molecular flexibility index (Phi) is 5.35. The zero-order chi connectivity index (χ0) is 20.4. The average Bonchev–Trinajstić information content (AvgIpc) is 2.65. The molecule has 7 heteroatoms. The standard InChI is InChI=1S/C21H23N3O4/c1-11-6-14(7-12(2)16(11)10-22-13(3)25)20-23-17-8-15(27-4)9-18(28-5)19(17)21(26)24-20/h6-9H,10H2,1-5H3,(H,22,25)(H,23,24,26). The van der Waals surface area contributed by atoms with Crippen molar-refractivity contribution in [2.24, 2.45) is 0 Å². The molecule has 3 rings (SSSR count). The molecule has 0 saturated carbocycles. The van der Waals surface area contributed by atoms with Crippen LogP contribution >= 0.6 is 0 Å². The molecule has 1 aromatic heterocycles. The highest BCUT2D eigenvalue weighted by Crippen LogP contribution is 2.29. The average molecular weight is 381 g/mol. The quantitative estimate of drug-likeness (QED) is 0.709. The van der Waals surface area contributed by atoms with Gasteiger partial charge in [0.2, 0.25) is 5.91 Å². The summed E-state index contributed by atoms with van der Waals surface area (Å²) in [7, 11) is 3.05. The highest BCUT2D eigenvalue weighted by molar-refractivity contribution is 5.87. The smallest absolute Gasteiger partial charge is 0.262 e. The van der Waals surface area contributed by atoms with Gasteiger partial charge in [-0.1, -0.05) is 0 Å². The molecule has 0 saturated heterocycles. The molecule has 0 atom stereocenters. The highest BCUT2D eigenvalue weighted by Gasteiger charge is 2.14. The molecule has 1 heterocycles. The topological polar surface area (TPSA) is 93.3 Å². The minimum atomic E-state index is -0.280. The first kappa shape index (κ1) is 19.4. The summed E-state index contributed by atoms with van der Waals surface area (Å²) in [5, 5.41) is 3.20. The Morgan fingerprint density at radius 3 is 2.36 bits per heavy atom. The van der Waals surface area contributed by atoms with E-state index in [0.29, 0.717) is 34.8 Å². The fourth-order valence-corrected chi connectivity index (χ4v) is 3.25. The molecule has 0 radical (unpaired) electrons. The second-order valence-electron chi connectivity index (χ2n) is 6.64. The molecule has 0 aliphatic rings. The van der Waals surface area contributed by atoms with E-state index >= 15 is 0 Å². The van der Waals surface area contributed by atoms with Crippen LogP contribution in [0.15, 0.2) is 29.1 Å². The Labute approximate surface area is 162 Å². The number of ether oxygens (including phenoxy) is 2. The number of aromatic nitrogens is 2. The minimum absolute atomic E-state index is 0.0775. The van der Waals surface area contributed by atoms with Gasteiger partial charge in [0, 0.05) is 31.2 Å². The number of benzene rings is 2. The molecule has 2 aromatic carbocycles. The predicted octanol–water partition coefficient (Wildman–Crippen LogP) is 2.86. The van der Waals surface area contributed by atoms with Gasteiger partial charge in [0.25, 0.3) is 5.56 Å². The minimum Gasteiger partial charge on any atom is -0.497 e. The molecule has 146 valence electrons. The van der Waals surface area contributed by atoms with Crippen LogP contribution in [-0.4, -0.2) is 30.1 Å². The normalized spacial score (nSPS) is 10.8. The van der Waals surface area contributed by atoms with Crippen molar-refractivity contribution in [2.75, 3.05) is 14.2 Å². The number of nitrogens with one attached hydrogen (secondary N) is 2. The van der Waals surface area contributed by atoms with Crippen molar-refractivity contribution < 1.29 is 14.3 Å². The molecule has 0 unspecified atom stereocenters. The summed E-state index contributed by atoms with van der Waals surface area (Å²) in [6.45, 7) is 5.90. The first-order valence-corrected chi connectivity index (χ1v) is 8.85. The SMILES string of the molecule is COc1cc(OC)c2c(=O)[nH]c(-c3cc(C)c(CNC(C)=O)c(C)c3)nc2c1. The lowest BCUT2D eigenvalue weighted by molar-refractivity contribution is -0.119. The van der Waals surface area contributed by atoms with Gasteiger partial charge < -0.3 is 19.8 Å². The Morgan fingerprint density at radius 2 is 1.79 bits per heavy atom. The number of hydrogen-bond acceptors (Lipinski definition) is 5. The van der Waals surface area contributed by atoms with Crippen molar-refractivity contribution >= 4 is 16.8 Å². The number of nitrogens with zero attached hydrogens (tertiary/aromatic N) is 1. The lowest BCUT2D eigenvalue weighted by Gasteiger charge is -2.14. The largest absolute Gasteiger partial charge is 0.497 e. The number of methoxy groups -OCH3 is 2. The van der Waals surface area contributed by atoms with Crippen LogP contribution in [0, 0.1) is 13.8 Å². The number of H-pyrrole nitrogens is 1. The van der Waals surface area contributed by atoms with Crippen LogP contribution in [-0.2, 0) is 11.3 Å². The van der Waals surface area contributed by atoms with Gasteiger partial charge in [0.15, 0.2) is 0 Å². The summed E-state index contributed by atoms with van der Waals surface area (Å²) in [5.41, 5.74) is 4.07. The lowest BCUT2D eigenvalue weighted by atomic mass is 9.98. The van der Waals surface area contributed by atoms with Gasteiger partial charge in [-0.3, -0.25) is 9.59 Å². The number of aryl methyl sites for hydroxylation is 2. The highest BCUT2D eigenvalue weighted by atomic mass is 16.5. The molecule has 0 aliphatic heterocycles. The molecule has 28 heavy (non-hydrogen) atoms.